The van der Waals surface area contributed by atoms with E-state index in [9.17, 15) is 0 Å². The molecule has 4 nitrogen and oxygen atoms in total. The molecule has 1 heterocycles. The molecule has 0 aliphatic heterocycles. The number of hydrogen-bond donors (Lipinski definition) is 2. The predicted molar refractivity (Wildman–Crippen MR) is 71.4 cm³/mol. The van der Waals surface area contributed by atoms with E-state index in [1.165, 1.54) is 0 Å². The Balaban J connectivity index is 1.90. The second-order valence-corrected chi connectivity index (χ2v) is 4.18. The van der Waals surface area contributed by atoms with Gasteiger partial charge in [-0.3, -0.25) is 0 Å². The molecule has 1 aromatic carbocycles. The summed E-state index contributed by atoms with van der Waals surface area (Å²) in [6.45, 7) is 3.33. The quantitative estimate of drug-likeness (QED) is 0.796. The van der Waals surface area contributed by atoms with Crippen LogP contribution < -0.4 is 15.8 Å². The van der Waals surface area contributed by atoms with Crippen LogP contribution in [0, 0.1) is 6.92 Å². The summed E-state index contributed by atoms with van der Waals surface area (Å²) in [5, 5.41) is 3.30. The number of nitrogens with one attached hydrogen (secondary N) is 1. The Kier molecular flexibility index (Phi) is 3.89. The van der Waals surface area contributed by atoms with E-state index in [1.54, 1.807) is 7.11 Å². The molecule has 0 aliphatic rings. The maximum atomic E-state index is 5.94. The highest BCUT2D eigenvalue weighted by molar-refractivity contribution is 5.51. The molecule has 0 saturated carbocycles. The van der Waals surface area contributed by atoms with Crippen LogP contribution in [0.4, 0.5) is 5.69 Å². The molecule has 2 rings (SSSR count). The SMILES string of the molecule is COc1ccc(CNCc2ccc(C)o2)c(N)c1. The summed E-state index contributed by atoms with van der Waals surface area (Å²) < 4.78 is 10.6. The lowest BCUT2D eigenvalue weighted by molar-refractivity contribution is 0.415. The van der Waals surface area contributed by atoms with E-state index in [0.717, 1.165) is 28.5 Å². The van der Waals surface area contributed by atoms with Gasteiger partial charge in [0.15, 0.2) is 0 Å². The molecule has 96 valence electrons. The van der Waals surface area contributed by atoms with Crippen molar-refractivity contribution in [2.75, 3.05) is 12.8 Å². The van der Waals surface area contributed by atoms with E-state index >= 15 is 0 Å². The predicted octanol–water partition coefficient (Wildman–Crippen LogP) is 2.47. The standard InChI is InChI=1S/C14H18N2O2/c1-10-3-5-13(18-10)9-16-8-11-4-6-12(17-2)7-14(11)15/h3-7,16H,8-9,15H2,1-2H3. The smallest absolute Gasteiger partial charge is 0.120 e. The van der Waals surface area contributed by atoms with E-state index in [4.69, 9.17) is 14.9 Å². The van der Waals surface area contributed by atoms with Gasteiger partial charge in [0.05, 0.1) is 13.7 Å². The summed E-state index contributed by atoms with van der Waals surface area (Å²) in [6.07, 6.45) is 0. The van der Waals surface area contributed by atoms with Gasteiger partial charge in [0, 0.05) is 18.3 Å². The number of nitrogen functional groups attached to an aromatic ring is 1. The average Bonchev–Trinajstić information content (AvgIpc) is 2.77. The highest BCUT2D eigenvalue weighted by Gasteiger charge is 2.02. The molecule has 0 atom stereocenters. The Labute approximate surface area is 107 Å². The zero-order chi connectivity index (χ0) is 13.0. The summed E-state index contributed by atoms with van der Waals surface area (Å²) in [5.41, 5.74) is 7.73. The molecule has 0 aliphatic carbocycles. The van der Waals surface area contributed by atoms with Gasteiger partial charge in [0.2, 0.25) is 0 Å². The van der Waals surface area contributed by atoms with Gasteiger partial charge >= 0.3 is 0 Å². The van der Waals surface area contributed by atoms with E-state index in [1.807, 2.05) is 37.3 Å². The molecule has 0 fully saturated rings. The van der Waals surface area contributed by atoms with Crippen LogP contribution >= 0.6 is 0 Å². The van der Waals surface area contributed by atoms with Gasteiger partial charge < -0.3 is 20.2 Å². The van der Waals surface area contributed by atoms with Crippen molar-refractivity contribution in [3.63, 3.8) is 0 Å². The Hall–Kier alpha value is -1.94. The first-order chi connectivity index (χ1) is 8.69. The molecule has 4 heteroatoms. The van der Waals surface area contributed by atoms with Crippen LogP contribution in [0.3, 0.4) is 0 Å². The van der Waals surface area contributed by atoms with Crippen molar-refractivity contribution in [3.8, 4) is 5.75 Å². The van der Waals surface area contributed by atoms with Gasteiger partial charge in [0.1, 0.15) is 17.3 Å². The molecular weight excluding hydrogens is 228 g/mol. The van der Waals surface area contributed by atoms with Gasteiger partial charge in [-0.1, -0.05) is 6.07 Å². The number of ether oxygens (including phenoxy) is 1. The van der Waals surface area contributed by atoms with Crippen molar-refractivity contribution in [1.82, 2.24) is 5.32 Å². The number of aryl methyl sites for hydroxylation is 1. The minimum absolute atomic E-state index is 0.694. The van der Waals surface area contributed by atoms with Crippen LogP contribution in [-0.4, -0.2) is 7.11 Å². The number of rotatable bonds is 5. The third-order valence-electron chi connectivity index (χ3n) is 2.76. The van der Waals surface area contributed by atoms with Crippen molar-refractivity contribution in [2.45, 2.75) is 20.0 Å². The van der Waals surface area contributed by atoms with Crippen molar-refractivity contribution in [1.29, 1.82) is 0 Å². The number of methoxy groups -OCH3 is 1. The number of benzene rings is 1. The summed E-state index contributed by atoms with van der Waals surface area (Å²) in [6, 6.07) is 9.63. The van der Waals surface area contributed by atoms with E-state index in [0.29, 0.717) is 13.1 Å². The number of nitrogens with two attached hydrogens (primary N) is 1. The lowest BCUT2D eigenvalue weighted by atomic mass is 10.1. The highest BCUT2D eigenvalue weighted by Crippen LogP contribution is 2.19. The maximum Gasteiger partial charge on any atom is 0.120 e. The van der Waals surface area contributed by atoms with Gasteiger partial charge in [-0.2, -0.15) is 0 Å². The number of anilines is 1. The van der Waals surface area contributed by atoms with Crippen molar-refractivity contribution in [3.05, 3.63) is 47.4 Å². The zero-order valence-electron chi connectivity index (χ0n) is 10.7. The van der Waals surface area contributed by atoms with Crippen LogP contribution in [0.2, 0.25) is 0 Å². The largest absolute Gasteiger partial charge is 0.497 e. The molecular formula is C14H18N2O2. The molecule has 0 spiro atoms. The van der Waals surface area contributed by atoms with E-state index in [2.05, 4.69) is 5.32 Å². The summed E-state index contributed by atoms with van der Waals surface area (Å²) in [5.74, 6) is 2.63. The highest BCUT2D eigenvalue weighted by atomic mass is 16.5. The maximum absolute atomic E-state index is 5.94. The lowest BCUT2D eigenvalue weighted by Crippen LogP contribution is -2.13. The molecule has 18 heavy (non-hydrogen) atoms. The molecule has 2 aromatic rings. The zero-order valence-corrected chi connectivity index (χ0v) is 10.7. The summed E-state index contributed by atoms with van der Waals surface area (Å²) >= 11 is 0. The topological polar surface area (TPSA) is 60.4 Å². The second kappa shape index (κ2) is 5.60. The Morgan fingerprint density at radius 2 is 2.06 bits per heavy atom. The van der Waals surface area contributed by atoms with Gasteiger partial charge in [-0.25, -0.2) is 0 Å². The van der Waals surface area contributed by atoms with Gasteiger partial charge in [0.25, 0.3) is 0 Å². The van der Waals surface area contributed by atoms with Crippen molar-refractivity contribution < 1.29 is 9.15 Å². The molecule has 0 bridgehead atoms. The Bertz CT molecular complexity index is 520. The number of hydrogen-bond acceptors (Lipinski definition) is 4. The summed E-state index contributed by atoms with van der Waals surface area (Å²) in [7, 11) is 1.63. The van der Waals surface area contributed by atoms with Crippen LogP contribution in [0.15, 0.2) is 34.7 Å². The Morgan fingerprint density at radius 1 is 1.22 bits per heavy atom. The molecule has 0 amide bonds. The minimum atomic E-state index is 0.694. The van der Waals surface area contributed by atoms with E-state index < -0.39 is 0 Å². The minimum Gasteiger partial charge on any atom is -0.497 e. The average molecular weight is 246 g/mol. The van der Waals surface area contributed by atoms with Crippen LogP contribution in [0.25, 0.3) is 0 Å². The van der Waals surface area contributed by atoms with Crippen molar-refractivity contribution in [2.24, 2.45) is 0 Å². The Morgan fingerprint density at radius 3 is 2.67 bits per heavy atom. The third kappa shape index (κ3) is 3.05. The molecule has 0 radical (unpaired) electrons. The fourth-order valence-corrected chi connectivity index (χ4v) is 1.76. The normalized spacial score (nSPS) is 10.6. The fraction of sp³-hybridized carbons (Fsp3) is 0.286. The van der Waals surface area contributed by atoms with Crippen molar-refractivity contribution >= 4 is 5.69 Å². The first-order valence-corrected chi connectivity index (χ1v) is 5.87. The first kappa shape index (κ1) is 12.5. The first-order valence-electron chi connectivity index (χ1n) is 5.87. The summed E-state index contributed by atoms with van der Waals surface area (Å²) in [4.78, 5) is 0. The molecule has 0 saturated heterocycles. The fourth-order valence-electron chi connectivity index (χ4n) is 1.76. The van der Waals surface area contributed by atoms with Crippen LogP contribution in [0.5, 0.6) is 5.75 Å². The molecule has 0 unspecified atom stereocenters. The van der Waals surface area contributed by atoms with Crippen LogP contribution in [-0.2, 0) is 13.1 Å². The molecule has 1 aromatic heterocycles. The number of furan rings is 1. The second-order valence-electron chi connectivity index (χ2n) is 4.18. The monoisotopic (exact) mass is 246 g/mol. The van der Waals surface area contributed by atoms with Gasteiger partial charge in [-0.15, -0.1) is 0 Å². The van der Waals surface area contributed by atoms with Crippen LogP contribution in [0.1, 0.15) is 17.1 Å². The van der Waals surface area contributed by atoms with E-state index in [-0.39, 0.29) is 0 Å². The molecule has 3 N–H and O–H groups in total. The van der Waals surface area contributed by atoms with Gasteiger partial charge in [-0.05, 0) is 30.7 Å². The lowest BCUT2D eigenvalue weighted by Gasteiger charge is -2.08. The third-order valence-corrected chi connectivity index (χ3v) is 2.76.